The van der Waals surface area contributed by atoms with E-state index in [9.17, 15) is 18.0 Å². The third-order valence-electron chi connectivity index (χ3n) is 3.91. The van der Waals surface area contributed by atoms with Crippen LogP contribution in [0.4, 0.5) is 18.9 Å². The molecule has 0 aliphatic carbocycles. The summed E-state index contributed by atoms with van der Waals surface area (Å²) in [6.45, 7) is 4.52. The molecule has 5 nitrogen and oxygen atoms in total. The number of amides is 1. The van der Waals surface area contributed by atoms with Crippen LogP contribution in [0.1, 0.15) is 13.8 Å². The van der Waals surface area contributed by atoms with Gasteiger partial charge in [-0.05, 0) is 30.2 Å². The maximum Gasteiger partial charge on any atom is 0.234 e. The molecule has 1 heterocycles. The molecule has 0 unspecified atom stereocenters. The Bertz CT molecular complexity index is 1020. The summed E-state index contributed by atoms with van der Waals surface area (Å²) >= 11 is 1.09. The topological polar surface area (TPSA) is 59.8 Å². The number of carbonyl (C=O) groups is 1. The lowest BCUT2D eigenvalue weighted by molar-refractivity contribution is -0.113. The number of aromatic nitrogens is 3. The van der Waals surface area contributed by atoms with Crippen LogP contribution in [0.3, 0.4) is 0 Å². The standard InChI is InChI=1S/C20H19F3N4OS/c1-12(2)10-27-19(14-5-3-4-6-15(14)22)25-26-20(27)29-11-18(28)24-17-9-13(21)7-8-16(17)23/h3-9,12H,10-11H2,1-2H3,(H,24,28). The number of nitrogens with zero attached hydrogens (tertiary/aromatic N) is 3. The van der Waals surface area contributed by atoms with Gasteiger partial charge >= 0.3 is 0 Å². The van der Waals surface area contributed by atoms with Crippen molar-refractivity contribution in [2.24, 2.45) is 5.92 Å². The molecule has 1 N–H and O–H groups in total. The van der Waals surface area contributed by atoms with Gasteiger partial charge in [-0.15, -0.1) is 10.2 Å². The average Bonchev–Trinajstić information content (AvgIpc) is 3.05. The van der Waals surface area contributed by atoms with Crippen LogP contribution in [-0.2, 0) is 11.3 Å². The number of rotatable bonds is 7. The molecule has 0 fully saturated rings. The molecule has 0 aliphatic heterocycles. The SMILES string of the molecule is CC(C)Cn1c(SCC(=O)Nc2cc(F)ccc2F)nnc1-c1ccccc1F. The minimum atomic E-state index is -0.727. The van der Waals surface area contributed by atoms with Crippen molar-refractivity contribution in [2.75, 3.05) is 11.1 Å². The Labute approximate surface area is 170 Å². The van der Waals surface area contributed by atoms with E-state index in [4.69, 9.17) is 0 Å². The maximum absolute atomic E-state index is 14.2. The molecule has 0 bridgehead atoms. The second-order valence-corrected chi connectivity index (χ2v) is 7.69. The third-order valence-corrected chi connectivity index (χ3v) is 4.88. The molecule has 3 rings (SSSR count). The van der Waals surface area contributed by atoms with E-state index in [1.165, 1.54) is 6.07 Å². The van der Waals surface area contributed by atoms with Gasteiger partial charge in [0.1, 0.15) is 17.5 Å². The van der Waals surface area contributed by atoms with Crippen LogP contribution >= 0.6 is 11.8 Å². The van der Waals surface area contributed by atoms with Gasteiger partial charge in [-0.25, -0.2) is 13.2 Å². The molecule has 9 heteroatoms. The number of benzene rings is 2. The molecule has 0 atom stereocenters. The van der Waals surface area contributed by atoms with Gasteiger partial charge < -0.3 is 9.88 Å². The summed E-state index contributed by atoms with van der Waals surface area (Å²) in [5.74, 6) is -1.81. The van der Waals surface area contributed by atoms with E-state index >= 15 is 0 Å². The normalized spacial score (nSPS) is 11.1. The first kappa shape index (κ1) is 20.9. The van der Waals surface area contributed by atoms with Crippen LogP contribution in [0.5, 0.6) is 0 Å². The summed E-state index contributed by atoms with van der Waals surface area (Å²) in [5, 5.41) is 11.0. The first-order chi connectivity index (χ1) is 13.8. The quantitative estimate of drug-likeness (QED) is 0.561. The first-order valence-electron chi connectivity index (χ1n) is 8.91. The monoisotopic (exact) mass is 420 g/mol. The highest BCUT2D eigenvalue weighted by Gasteiger charge is 2.19. The van der Waals surface area contributed by atoms with Crippen molar-refractivity contribution in [1.82, 2.24) is 14.8 Å². The Morgan fingerprint density at radius 2 is 1.86 bits per heavy atom. The molecule has 1 amide bonds. The summed E-state index contributed by atoms with van der Waals surface area (Å²) in [4.78, 5) is 12.2. The van der Waals surface area contributed by atoms with E-state index in [1.54, 1.807) is 22.8 Å². The number of halogens is 3. The van der Waals surface area contributed by atoms with Crippen LogP contribution in [0.25, 0.3) is 11.4 Å². The summed E-state index contributed by atoms with van der Waals surface area (Å²) in [5.41, 5.74) is 0.0880. The van der Waals surface area contributed by atoms with Crippen molar-refractivity contribution in [3.63, 3.8) is 0 Å². The van der Waals surface area contributed by atoms with Crippen molar-refractivity contribution < 1.29 is 18.0 Å². The molecule has 0 radical (unpaired) electrons. The van der Waals surface area contributed by atoms with E-state index < -0.39 is 23.4 Å². The fraction of sp³-hybridized carbons (Fsp3) is 0.250. The lowest BCUT2D eigenvalue weighted by atomic mass is 10.2. The number of hydrogen-bond donors (Lipinski definition) is 1. The average molecular weight is 420 g/mol. The van der Waals surface area contributed by atoms with Crippen molar-refractivity contribution in [3.8, 4) is 11.4 Å². The van der Waals surface area contributed by atoms with Gasteiger partial charge in [-0.3, -0.25) is 4.79 Å². The summed E-state index contributed by atoms with van der Waals surface area (Å²) in [6, 6.07) is 9.08. The summed E-state index contributed by atoms with van der Waals surface area (Å²) < 4.78 is 42.9. The first-order valence-corrected chi connectivity index (χ1v) is 9.89. The Kier molecular flexibility index (Phi) is 6.58. The number of thioether (sulfide) groups is 1. The van der Waals surface area contributed by atoms with Crippen molar-refractivity contribution >= 4 is 23.4 Å². The molecule has 0 aliphatic rings. The molecule has 3 aromatic rings. The van der Waals surface area contributed by atoms with E-state index in [-0.39, 0.29) is 17.4 Å². The molecule has 2 aromatic carbocycles. The predicted octanol–water partition coefficient (Wildman–Crippen LogP) is 4.75. The van der Waals surface area contributed by atoms with Gasteiger partial charge in [0.2, 0.25) is 5.91 Å². The molecule has 1 aromatic heterocycles. The highest BCUT2D eigenvalue weighted by Crippen LogP contribution is 2.27. The Hall–Kier alpha value is -2.81. The zero-order valence-electron chi connectivity index (χ0n) is 15.8. The molecular weight excluding hydrogens is 401 g/mol. The number of carbonyl (C=O) groups excluding carboxylic acids is 1. The Morgan fingerprint density at radius 1 is 1.10 bits per heavy atom. The lowest BCUT2D eigenvalue weighted by Gasteiger charge is -2.13. The van der Waals surface area contributed by atoms with E-state index in [0.29, 0.717) is 23.1 Å². The van der Waals surface area contributed by atoms with E-state index in [1.807, 2.05) is 13.8 Å². The number of nitrogens with one attached hydrogen (secondary N) is 1. The summed E-state index contributed by atoms with van der Waals surface area (Å²) in [6.07, 6.45) is 0. The van der Waals surface area contributed by atoms with Crippen LogP contribution in [-0.4, -0.2) is 26.4 Å². The van der Waals surface area contributed by atoms with Gasteiger partial charge in [0.15, 0.2) is 11.0 Å². The zero-order valence-corrected chi connectivity index (χ0v) is 16.6. The molecular formula is C20H19F3N4OS. The summed E-state index contributed by atoms with van der Waals surface area (Å²) in [7, 11) is 0. The maximum atomic E-state index is 14.2. The fourth-order valence-electron chi connectivity index (χ4n) is 2.68. The fourth-order valence-corrected chi connectivity index (χ4v) is 3.42. The largest absolute Gasteiger partial charge is 0.323 e. The zero-order chi connectivity index (χ0) is 21.0. The predicted molar refractivity (Wildman–Crippen MR) is 106 cm³/mol. The highest BCUT2D eigenvalue weighted by molar-refractivity contribution is 7.99. The van der Waals surface area contributed by atoms with Crippen molar-refractivity contribution in [3.05, 3.63) is 59.9 Å². The van der Waals surface area contributed by atoms with Crippen LogP contribution in [0.2, 0.25) is 0 Å². The molecule has 152 valence electrons. The second-order valence-electron chi connectivity index (χ2n) is 6.75. The number of anilines is 1. The van der Waals surface area contributed by atoms with Gasteiger partial charge in [0, 0.05) is 12.6 Å². The van der Waals surface area contributed by atoms with Crippen molar-refractivity contribution in [2.45, 2.75) is 25.5 Å². The minimum absolute atomic E-state index is 0.0938. The highest BCUT2D eigenvalue weighted by atomic mass is 32.2. The van der Waals surface area contributed by atoms with Crippen LogP contribution < -0.4 is 5.32 Å². The minimum Gasteiger partial charge on any atom is -0.323 e. The van der Waals surface area contributed by atoms with Crippen molar-refractivity contribution in [1.29, 1.82) is 0 Å². The van der Waals surface area contributed by atoms with Gasteiger partial charge in [-0.2, -0.15) is 0 Å². The molecule has 0 saturated carbocycles. The molecule has 0 saturated heterocycles. The lowest BCUT2D eigenvalue weighted by Crippen LogP contribution is -2.16. The Balaban J connectivity index is 1.77. The number of hydrogen-bond acceptors (Lipinski definition) is 4. The van der Waals surface area contributed by atoms with E-state index in [2.05, 4.69) is 15.5 Å². The molecule has 29 heavy (non-hydrogen) atoms. The van der Waals surface area contributed by atoms with Gasteiger partial charge in [0.25, 0.3) is 0 Å². The van der Waals surface area contributed by atoms with Crippen LogP contribution in [0, 0.1) is 23.4 Å². The smallest absolute Gasteiger partial charge is 0.234 e. The second kappa shape index (κ2) is 9.13. The van der Waals surface area contributed by atoms with Gasteiger partial charge in [0.05, 0.1) is 17.0 Å². The third kappa shape index (κ3) is 5.17. The Morgan fingerprint density at radius 3 is 2.59 bits per heavy atom. The van der Waals surface area contributed by atoms with Gasteiger partial charge in [-0.1, -0.05) is 37.7 Å². The van der Waals surface area contributed by atoms with E-state index in [0.717, 1.165) is 30.0 Å². The molecule has 0 spiro atoms. The van der Waals surface area contributed by atoms with Crippen LogP contribution in [0.15, 0.2) is 47.6 Å².